The predicted octanol–water partition coefficient (Wildman–Crippen LogP) is 1.56. The molecule has 6 N–H and O–H groups in total. The summed E-state index contributed by atoms with van der Waals surface area (Å²) in [4.78, 5) is 107. The summed E-state index contributed by atoms with van der Waals surface area (Å²) < 4.78 is 114. The molecule has 4 amide bonds. The van der Waals surface area contributed by atoms with Crippen LogP contribution in [0.2, 0.25) is 0 Å². The van der Waals surface area contributed by atoms with E-state index in [9.17, 15) is 70.5 Å². The molecule has 5 saturated heterocycles. The van der Waals surface area contributed by atoms with Crippen molar-refractivity contribution in [2.24, 2.45) is 7.05 Å². The molecule has 34 nitrogen and oxygen atoms in total. The van der Waals surface area contributed by atoms with Crippen molar-refractivity contribution in [3.8, 4) is 22.9 Å². The van der Waals surface area contributed by atoms with E-state index in [0.717, 1.165) is 26.4 Å². The SMILES string of the molecule is CN1CCN(c2cc(F)ccc2CNC(=O)c2nc3n(c(=O)c2O)CCOCC32CCOCC2)S1(=O)=O.Cc1c[n+](-c2cc(F)ccc2CNC(=O)c2nc3n(c(=O)c2O)CCOCC32CCOCC2)n(C)n1.O=C(NCc1ccc(F)cc1N1CCOC1=O)c1nc2n(c(=O)c1O)CCOCC21CCOCC1. The van der Waals surface area contributed by atoms with Crippen molar-refractivity contribution in [3.05, 3.63) is 166 Å². The number of aromatic nitrogens is 9. The van der Waals surface area contributed by atoms with Crippen molar-refractivity contribution in [1.29, 1.82) is 0 Å². The molecule has 8 aliphatic rings. The summed E-state index contributed by atoms with van der Waals surface area (Å²) in [5.41, 5.74) is -2.07. The second-order valence-corrected chi connectivity index (χ2v) is 29.3. The first kappa shape index (κ1) is 76.0. The van der Waals surface area contributed by atoms with Gasteiger partial charge in [-0.1, -0.05) is 18.2 Å². The van der Waals surface area contributed by atoms with E-state index in [4.69, 9.17) is 33.2 Å². The molecule has 0 saturated carbocycles. The highest BCUT2D eigenvalue weighted by Crippen LogP contribution is 2.40. The molecule has 3 spiro atoms. The zero-order valence-corrected chi connectivity index (χ0v) is 60.2. The number of anilines is 2. The minimum Gasteiger partial charge on any atom is -0.501 e. The van der Waals surface area contributed by atoms with Gasteiger partial charge in [-0.25, -0.2) is 32.9 Å². The number of ether oxygens (including phenoxy) is 7. The van der Waals surface area contributed by atoms with Gasteiger partial charge in [0.2, 0.25) is 22.9 Å². The third kappa shape index (κ3) is 15.1. The minimum atomic E-state index is -3.82. The summed E-state index contributed by atoms with van der Waals surface area (Å²) in [6, 6.07) is 11.7. The van der Waals surface area contributed by atoms with E-state index >= 15 is 0 Å². The van der Waals surface area contributed by atoms with Gasteiger partial charge in [0.15, 0.2) is 29.0 Å². The van der Waals surface area contributed by atoms with Crippen LogP contribution in [0.3, 0.4) is 0 Å². The Hall–Kier alpha value is -10.2. The van der Waals surface area contributed by atoms with Crippen LogP contribution in [0.1, 0.15) is 110 Å². The van der Waals surface area contributed by atoms with Gasteiger partial charge in [-0.15, -0.1) is 4.68 Å². The lowest BCUT2D eigenvalue weighted by atomic mass is 9.80. The zero-order chi connectivity index (χ0) is 76.4. The van der Waals surface area contributed by atoms with Crippen LogP contribution in [0.4, 0.5) is 29.3 Å². The van der Waals surface area contributed by atoms with E-state index in [1.807, 2.05) is 6.92 Å². The number of nitrogens with one attached hydrogen (secondary N) is 3. The molecule has 576 valence electrons. The Morgan fingerprint density at radius 2 is 0.898 bits per heavy atom. The van der Waals surface area contributed by atoms with Gasteiger partial charge in [0.1, 0.15) is 41.5 Å². The van der Waals surface area contributed by atoms with E-state index in [0.29, 0.717) is 144 Å². The monoisotopic (exact) mass is 1520 g/mol. The molecule has 4 aromatic heterocycles. The summed E-state index contributed by atoms with van der Waals surface area (Å²) >= 11 is 0. The highest BCUT2D eigenvalue weighted by Gasteiger charge is 2.46. The van der Waals surface area contributed by atoms with Crippen LogP contribution in [0.5, 0.6) is 17.2 Å². The van der Waals surface area contributed by atoms with E-state index in [1.54, 1.807) is 28.8 Å². The fraction of sp³-hybridized carbons (Fsp3) is 0.486. The maximum absolute atomic E-state index is 14.1. The summed E-state index contributed by atoms with van der Waals surface area (Å²) in [6.45, 7) is 7.63. The molecule has 7 aromatic rings. The average Bonchev–Trinajstić information content (AvgIpc) is 1.21. The average molecular weight is 1530 g/mol. The second-order valence-electron chi connectivity index (χ2n) is 27.3. The number of carbonyl (C=O) groups is 4. The molecule has 0 radical (unpaired) electrons. The van der Waals surface area contributed by atoms with Crippen LogP contribution in [-0.4, -0.2) is 203 Å². The van der Waals surface area contributed by atoms with Crippen LogP contribution >= 0.6 is 0 Å². The molecule has 0 bridgehead atoms. The third-order valence-corrected chi connectivity index (χ3v) is 22.5. The number of fused-ring (bicyclic) bond motifs is 6. The van der Waals surface area contributed by atoms with Crippen LogP contribution in [0.15, 0.2) is 75.2 Å². The Labute approximate surface area is 614 Å². The summed E-state index contributed by atoms with van der Waals surface area (Å²) in [5, 5.41) is 44.0. The molecule has 0 aliphatic carbocycles. The fourth-order valence-electron chi connectivity index (χ4n) is 14.6. The molecule has 8 aliphatic heterocycles. The number of aromatic hydroxyl groups is 3. The number of carbonyl (C=O) groups excluding carboxylic acids is 4. The highest BCUT2D eigenvalue weighted by atomic mass is 32.2. The van der Waals surface area contributed by atoms with Crippen molar-refractivity contribution in [2.75, 3.05) is 122 Å². The van der Waals surface area contributed by atoms with Gasteiger partial charge in [0.05, 0.1) is 100 Å². The van der Waals surface area contributed by atoms with Crippen molar-refractivity contribution in [3.63, 3.8) is 0 Å². The van der Waals surface area contributed by atoms with E-state index in [2.05, 4.69) is 36.0 Å². The number of aryl methyl sites for hydroxylation is 2. The molecule has 15 rings (SSSR count). The number of cyclic esters (lactones) is 1. The molecule has 5 fully saturated rings. The molecule has 0 atom stereocenters. The summed E-state index contributed by atoms with van der Waals surface area (Å²) in [7, 11) is -0.670. The number of nitrogens with zero attached hydrogens (tertiary/aromatic N) is 12. The first-order chi connectivity index (χ1) is 51.8. The first-order valence-electron chi connectivity index (χ1n) is 35.1. The third-order valence-electron chi connectivity index (χ3n) is 20.6. The van der Waals surface area contributed by atoms with Gasteiger partial charge in [-0.3, -0.25) is 51.7 Å². The number of benzene rings is 3. The standard InChI is InChI=1S/C24H27FN6O5.C23H28FN5O7S.C23H25FN4O7/c1-15-13-31(29(2)28-15)18-11-17(25)4-3-16(18)12-26-21(33)19-20(32)22(34)30-7-10-36-14-24(23(30)27-19)5-8-35-9-6-24;1-27-6-7-29(37(27,33)34)17-12-16(24)3-2-15(17)13-25-20(31)18-19(30)21(32)28-8-11-36-14-23(22(28)26-18)4-9-35-10-5-23;24-15-2-1-14(16(11-15)27-6-10-35-22(27)32)12-25-19(30)17-18(29)20(31)28-5-9-34-13-23(21(28)26-17)3-7-33-8-4-23/h3-4,11,13H,5-10,12,14H2,1-2H3,(H-,26,32,33);2-3,12,30H,4-11,13-14H2,1H3,(H,25,31);1-2,11,29H,3-10,12-13H2,(H,25,30)/p+1. The van der Waals surface area contributed by atoms with Gasteiger partial charge < -0.3 is 64.4 Å². The Kier molecular flexibility index (Phi) is 22.2. The number of rotatable bonds is 12. The van der Waals surface area contributed by atoms with E-state index in [1.165, 1.54) is 62.0 Å². The van der Waals surface area contributed by atoms with Gasteiger partial charge in [0, 0.05) is 103 Å². The number of hydrogen-bond acceptors (Lipinski definition) is 23. The maximum atomic E-state index is 14.1. The largest absolute Gasteiger partial charge is 0.501 e. The fourth-order valence-corrected chi connectivity index (χ4v) is 16.0. The zero-order valence-electron chi connectivity index (χ0n) is 59.4. The Morgan fingerprint density at radius 3 is 1.28 bits per heavy atom. The molecule has 3 aromatic carbocycles. The van der Waals surface area contributed by atoms with Gasteiger partial charge in [0.25, 0.3) is 34.4 Å². The summed E-state index contributed by atoms with van der Waals surface area (Å²) in [5.74, 6) is -4.95. The van der Waals surface area contributed by atoms with Crippen LogP contribution in [0, 0.1) is 24.4 Å². The predicted molar refractivity (Wildman–Crippen MR) is 371 cm³/mol. The Balaban J connectivity index is 0.000000143. The molecule has 12 heterocycles. The van der Waals surface area contributed by atoms with Crippen molar-refractivity contribution < 1.29 is 93.9 Å². The lowest BCUT2D eigenvalue weighted by Crippen LogP contribution is -2.43. The topological polar surface area (TPSA) is 400 Å². The molecular formula is C70H81F3N15O19S+. The normalized spacial score (nSPS) is 19.1. The number of hydrogen-bond donors (Lipinski definition) is 6. The molecule has 108 heavy (non-hydrogen) atoms. The lowest BCUT2D eigenvalue weighted by Gasteiger charge is -2.35. The van der Waals surface area contributed by atoms with Crippen molar-refractivity contribution >= 4 is 45.4 Å². The van der Waals surface area contributed by atoms with Crippen LogP contribution in [-0.2, 0) is 106 Å². The number of amides is 4. The smallest absolute Gasteiger partial charge is 0.414 e. The molecule has 0 unspecified atom stereocenters. The van der Waals surface area contributed by atoms with Gasteiger partial charge in [-0.05, 0) is 84.8 Å². The summed E-state index contributed by atoms with van der Waals surface area (Å²) in [6.07, 6.45) is 4.54. The van der Waals surface area contributed by atoms with Gasteiger partial charge >= 0.3 is 16.3 Å². The van der Waals surface area contributed by atoms with Crippen LogP contribution in [0.25, 0.3) is 5.69 Å². The minimum absolute atomic E-state index is 0.00725. The van der Waals surface area contributed by atoms with E-state index in [-0.39, 0.29) is 95.8 Å². The lowest BCUT2D eigenvalue weighted by molar-refractivity contribution is -0.688. The first-order valence-corrected chi connectivity index (χ1v) is 36.5. The quantitative estimate of drug-likeness (QED) is 0.0945. The Bertz CT molecular complexity index is 4960. The van der Waals surface area contributed by atoms with Crippen molar-refractivity contribution in [1.82, 2.24) is 58.8 Å². The highest BCUT2D eigenvalue weighted by molar-refractivity contribution is 7.90. The van der Waals surface area contributed by atoms with E-state index < -0.39 is 113 Å². The van der Waals surface area contributed by atoms with Gasteiger partial charge in [-0.2, -0.15) is 12.7 Å². The Morgan fingerprint density at radius 1 is 0.509 bits per heavy atom. The van der Waals surface area contributed by atoms with Crippen molar-refractivity contribution in [2.45, 2.75) is 101 Å². The number of likely N-dealkylation sites (N-methyl/N-ethyl adjacent to an activating group) is 1. The van der Waals surface area contributed by atoms with Crippen LogP contribution < -0.4 is 46.5 Å². The second kappa shape index (κ2) is 31.5. The number of halogens is 3. The maximum Gasteiger partial charge on any atom is 0.414 e. The molecular weight excluding hydrogens is 1440 g/mol. The molecule has 38 heteroatoms.